The molecule has 0 unspecified atom stereocenters. The molecule has 0 aliphatic heterocycles. The van der Waals surface area contributed by atoms with E-state index in [1.807, 2.05) is 6.92 Å². The highest BCUT2D eigenvalue weighted by Gasteiger charge is 2.15. The van der Waals surface area contributed by atoms with Crippen LogP contribution < -0.4 is 16.6 Å². The fourth-order valence-corrected chi connectivity index (χ4v) is 2.01. The number of hydrogen-bond donors (Lipinski definition) is 1. The van der Waals surface area contributed by atoms with Gasteiger partial charge in [0.2, 0.25) is 0 Å². The Morgan fingerprint density at radius 2 is 1.90 bits per heavy atom. The molecule has 0 aliphatic rings. The van der Waals surface area contributed by atoms with Gasteiger partial charge in [-0.1, -0.05) is 17.7 Å². The molecule has 2 rings (SSSR count). The summed E-state index contributed by atoms with van der Waals surface area (Å²) in [5.74, 6) is -0.592. The lowest BCUT2D eigenvalue weighted by atomic mass is 10.2. The predicted molar refractivity (Wildman–Crippen MR) is 81.1 cm³/mol. The van der Waals surface area contributed by atoms with E-state index in [1.54, 1.807) is 18.2 Å². The largest absolute Gasteiger partial charge is 0.330 e. The first-order chi connectivity index (χ1) is 9.81. The molecule has 21 heavy (non-hydrogen) atoms. The van der Waals surface area contributed by atoms with Crippen LogP contribution in [0.25, 0.3) is 0 Å². The number of nitrogens with one attached hydrogen (secondary N) is 1. The summed E-state index contributed by atoms with van der Waals surface area (Å²) in [7, 11) is 2.80. The third-order valence-corrected chi connectivity index (χ3v) is 3.53. The predicted octanol–water partition coefficient (Wildman–Crippen LogP) is 1.30. The third kappa shape index (κ3) is 2.90. The van der Waals surface area contributed by atoms with Crippen LogP contribution in [0.15, 0.2) is 34.0 Å². The summed E-state index contributed by atoms with van der Waals surface area (Å²) >= 11 is 5.98. The van der Waals surface area contributed by atoms with Crippen molar-refractivity contribution < 1.29 is 4.79 Å². The highest BCUT2D eigenvalue weighted by molar-refractivity contribution is 6.31. The smallest absolute Gasteiger partial charge is 0.322 e. The van der Waals surface area contributed by atoms with Crippen LogP contribution in [0.3, 0.4) is 0 Å². The van der Waals surface area contributed by atoms with E-state index in [-0.39, 0.29) is 5.56 Å². The van der Waals surface area contributed by atoms with Crippen molar-refractivity contribution in [3.05, 3.63) is 61.4 Å². The summed E-state index contributed by atoms with van der Waals surface area (Å²) in [5, 5.41) is 3.10. The summed E-state index contributed by atoms with van der Waals surface area (Å²) < 4.78 is 2.06. The molecule has 6 nitrogen and oxygen atoms in total. The second-order valence-electron chi connectivity index (χ2n) is 4.72. The molecule has 0 fully saturated rings. The molecule has 1 N–H and O–H groups in total. The van der Waals surface area contributed by atoms with Crippen molar-refractivity contribution in [2.75, 3.05) is 5.32 Å². The molecule has 0 spiro atoms. The van der Waals surface area contributed by atoms with Crippen LogP contribution in [-0.2, 0) is 14.1 Å². The Bertz CT molecular complexity index is 836. The molecule has 7 heteroatoms. The van der Waals surface area contributed by atoms with Gasteiger partial charge >= 0.3 is 5.69 Å². The summed E-state index contributed by atoms with van der Waals surface area (Å²) in [6.45, 7) is 1.84. The van der Waals surface area contributed by atoms with E-state index in [9.17, 15) is 14.4 Å². The fraction of sp³-hybridized carbons (Fsp3) is 0.214. The minimum atomic E-state index is -0.645. The number of nitrogens with zero attached hydrogens (tertiary/aromatic N) is 2. The number of rotatable bonds is 2. The van der Waals surface area contributed by atoms with Gasteiger partial charge < -0.3 is 9.88 Å². The number of halogens is 1. The molecule has 2 aromatic rings. The topological polar surface area (TPSA) is 73.1 Å². The zero-order chi connectivity index (χ0) is 15.7. The first-order valence-corrected chi connectivity index (χ1v) is 6.53. The molecule has 110 valence electrons. The SMILES string of the molecule is Cc1ccc(NC(=O)c2cn(C)c(=O)n(C)c2=O)cc1Cl. The van der Waals surface area contributed by atoms with E-state index in [0.717, 1.165) is 10.1 Å². The Hall–Kier alpha value is -2.34. The number of hydrogen-bond acceptors (Lipinski definition) is 3. The molecular weight excluding hydrogens is 294 g/mol. The van der Waals surface area contributed by atoms with Crippen LogP contribution in [0, 0.1) is 6.92 Å². The van der Waals surface area contributed by atoms with E-state index in [1.165, 1.54) is 24.9 Å². The van der Waals surface area contributed by atoms with E-state index in [2.05, 4.69) is 5.32 Å². The van der Waals surface area contributed by atoms with Gasteiger partial charge in [0.05, 0.1) is 0 Å². The van der Waals surface area contributed by atoms with Gasteiger partial charge in [0.1, 0.15) is 5.56 Å². The molecule has 1 aromatic carbocycles. The van der Waals surface area contributed by atoms with Crippen LogP contribution in [0.1, 0.15) is 15.9 Å². The molecule has 1 aromatic heterocycles. The van der Waals surface area contributed by atoms with Crippen molar-refractivity contribution in [1.29, 1.82) is 0 Å². The van der Waals surface area contributed by atoms with Crippen LogP contribution >= 0.6 is 11.6 Å². The molecule has 0 saturated carbocycles. The minimum Gasteiger partial charge on any atom is -0.322 e. The standard InChI is InChI=1S/C14H14ClN3O3/c1-8-4-5-9(6-11(8)15)16-12(19)10-7-17(2)14(21)18(3)13(10)20/h4-7H,1-3H3,(H,16,19). The second-order valence-corrected chi connectivity index (χ2v) is 5.13. The molecule has 1 amide bonds. The van der Waals surface area contributed by atoms with Crippen molar-refractivity contribution in [3.8, 4) is 0 Å². The Morgan fingerprint density at radius 1 is 1.24 bits per heavy atom. The van der Waals surface area contributed by atoms with Crippen LogP contribution in [0.4, 0.5) is 5.69 Å². The lowest BCUT2D eigenvalue weighted by Crippen LogP contribution is -2.40. The van der Waals surface area contributed by atoms with E-state index in [4.69, 9.17) is 11.6 Å². The number of carbonyl (C=O) groups is 1. The van der Waals surface area contributed by atoms with Crippen molar-refractivity contribution in [2.24, 2.45) is 14.1 Å². The van der Waals surface area contributed by atoms with E-state index >= 15 is 0 Å². The summed E-state index contributed by atoms with van der Waals surface area (Å²) in [6, 6.07) is 5.05. The molecular formula is C14H14ClN3O3. The monoisotopic (exact) mass is 307 g/mol. The number of carbonyl (C=O) groups excluding carboxylic acids is 1. The Kier molecular flexibility index (Phi) is 3.99. The van der Waals surface area contributed by atoms with Crippen molar-refractivity contribution >= 4 is 23.2 Å². The Balaban J connectivity index is 2.39. The van der Waals surface area contributed by atoms with Gasteiger partial charge in [-0.05, 0) is 24.6 Å². The summed E-state index contributed by atoms with van der Waals surface area (Å²) in [6.07, 6.45) is 1.22. The van der Waals surface area contributed by atoms with Gasteiger partial charge in [-0.25, -0.2) is 4.79 Å². The molecule has 0 aliphatic carbocycles. The maximum absolute atomic E-state index is 12.2. The normalized spacial score (nSPS) is 10.5. The second kappa shape index (κ2) is 5.57. The van der Waals surface area contributed by atoms with Gasteiger partial charge in [0.15, 0.2) is 0 Å². The van der Waals surface area contributed by atoms with Crippen molar-refractivity contribution in [2.45, 2.75) is 6.92 Å². The van der Waals surface area contributed by atoms with Gasteiger partial charge in [-0.15, -0.1) is 0 Å². The summed E-state index contributed by atoms with van der Waals surface area (Å²) in [5.41, 5.74) is 0.110. The average molecular weight is 308 g/mol. The molecule has 0 saturated heterocycles. The van der Waals surface area contributed by atoms with Crippen LogP contribution in [-0.4, -0.2) is 15.0 Å². The number of anilines is 1. The quantitative estimate of drug-likeness (QED) is 0.909. The lowest BCUT2D eigenvalue weighted by molar-refractivity contribution is 0.102. The maximum Gasteiger partial charge on any atom is 0.330 e. The van der Waals surface area contributed by atoms with Crippen LogP contribution in [0.2, 0.25) is 5.02 Å². The Labute approximate surface area is 125 Å². The van der Waals surface area contributed by atoms with E-state index in [0.29, 0.717) is 10.7 Å². The summed E-state index contributed by atoms with van der Waals surface area (Å²) in [4.78, 5) is 35.7. The van der Waals surface area contributed by atoms with Gasteiger partial charge in [0, 0.05) is 31.0 Å². The van der Waals surface area contributed by atoms with Crippen LogP contribution in [0.5, 0.6) is 0 Å². The Morgan fingerprint density at radius 3 is 2.52 bits per heavy atom. The molecule has 0 bridgehead atoms. The number of aromatic nitrogens is 2. The zero-order valence-electron chi connectivity index (χ0n) is 11.8. The minimum absolute atomic E-state index is 0.115. The number of amides is 1. The molecule has 1 heterocycles. The van der Waals surface area contributed by atoms with Gasteiger partial charge in [-0.3, -0.25) is 14.2 Å². The molecule has 0 atom stereocenters. The first kappa shape index (κ1) is 15.1. The third-order valence-electron chi connectivity index (χ3n) is 3.12. The van der Waals surface area contributed by atoms with Gasteiger partial charge in [0.25, 0.3) is 11.5 Å². The van der Waals surface area contributed by atoms with E-state index < -0.39 is 17.2 Å². The highest BCUT2D eigenvalue weighted by atomic mass is 35.5. The van der Waals surface area contributed by atoms with Crippen molar-refractivity contribution in [1.82, 2.24) is 9.13 Å². The average Bonchev–Trinajstić information content (AvgIpc) is 2.44. The maximum atomic E-state index is 12.2. The lowest BCUT2D eigenvalue weighted by Gasteiger charge is -2.08. The molecule has 0 radical (unpaired) electrons. The zero-order valence-corrected chi connectivity index (χ0v) is 12.6. The fourth-order valence-electron chi connectivity index (χ4n) is 1.83. The van der Waals surface area contributed by atoms with Gasteiger partial charge in [-0.2, -0.15) is 0 Å². The number of benzene rings is 1. The first-order valence-electron chi connectivity index (χ1n) is 6.15. The highest BCUT2D eigenvalue weighted by Crippen LogP contribution is 2.20. The van der Waals surface area contributed by atoms with Crippen molar-refractivity contribution in [3.63, 3.8) is 0 Å². The number of aryl methyl sites for hydroxylation is 2.